The molecule has 1 aromatic heterocycles. The van der Waals surface area contributed by atoms with Crippen molar-refractivity contribution in [1.29, 1.82) is 0 Å². The van der Waals surface area contributed by atoms with E-state index in [4.69, 9.17) is 0 Å². The molecule has 1 unspecified atom stereocenters. The number of hydrogen-bond acceptors (Lipinski definition) is 4. The van der Waals surface area contributed by atoms with Crippen LogP contribution in [0.4, 0.5) is 0 Å². The summed E-state index contributed by atoms with van der Waals surface area (Å²) in [5, 5.41) is 10.3. The summed E-state index contributed by atoms with van der Waals surface area (Å²) in [6, 6.07) is -0.0544. The summed E-state index contributed by atoms with van der Waals surface area (Å²) in [5.41, 5.74) is 0. The first-order valence-corrected chi connectivity index (χ1v) is 6.11. The van der Waals surface area contributed by atoms with Crippen molar-refractivity contribution in [2.75, 3.05) is 6.54 Å². The minimum atomic E-state index is -0.0544. The fourth-order valence-corrected chi connectivity index (χ4v) is 2.01. The molecule has 94 valence electrons. The van der Waals surface area contributed by atoms with Gasteiger partial charge in [0.15, 0.2) is 5.82 Å². The van der Waals surface area contributed by atoms with Crippen LogP contribution in [0.1, 0.15) is 31.5 Å². The summed E-state index contributed by atoms with van der Waals surface area (Å²) in [6.07, 6.45) is 6.03. The van der Waals surface area contributed by atoms with Crippen molar-refractivity contribution >= 4 is 5.91 Å². The molecule has 2 N–H and O–H groups in total. The SMILES string of the molecule is Cn1cnc(CNC(=O)C2CCCCCN2)n1. The summed E-state index contributed by atoms with van der Waals surface area (Å²) in [6.45, 7) is 1.33. The second-order valence-corrected chi connectivity index (χ2v) is 4.41. The van der Waals surface area contributed by atoms with Crippen LogP contribution in [0.5, 0.6) is 0 Å². The maximum absolute atomic E-state index is 11.9. The zero-order chi connectivity index (χ0) is 12.1. The van der Waals surface area contributed by atoms with Crippen LogP contribution in [-0.4, -0.2) is 33.3 Å². The molecule has 0 saturated carbocycles. The molecular weight excluding hydrogens is 218 g/mol. The fraction of sp³-hybridized carbons (Fsp3) is 0.727. The van der Waals surface area contributed by atoms with Gasteiger partial charge >= 0.3 is 0 Å². The lowest BCUT2D eigenvalue weighted by Crippen LogP contribution is -2.43. The molecule has 1 aliphatic heterocycles. The number of amides is 1. The largest absolute Gasteiger partial charge is 0.347 e. The van der Waals surface area contributed by atoms with Crippen molar-refractivity contribution in [2.24, 2.45) is 7.05 Å². The van der Waals surface area contributed by atoms with Crippen LogP contribution < -0.4 is 10.6 Å². The summed E-state index contributed by atoms with van der Waals surface area (Å²) < 4.78 is 1.63. The van der Waals surface area contributed by atoms with Crippen molar-refractivity contribution in [2.45, 2.75) is 38.3 Å². The van der Waals surface area contributed by atoms with Gasteiger partial charge in [0.25, 0.3) is 0 Å². The van der Waals surface area contributed by atoms with Gasteiger partial charge in [-0.05, 0) is 19.4 Å². The normalized spacial score (nSPS) is 20.9. The van der Waals surface area contributed by atoms with Gasteiger partial charge in [0, 0.05) is 7.05 Å². The minimum Gasteiger partial charge on any atom is -0.347 e. The first-order chi connectivity index (χ1) is 8.25. The van der Waals surface area contributed by atoms with Crippen LogP contribution in [0.2, 0.25) is 0 Å². The molecule has 1 fully saturated rings. The Hall–Kier alpha value is -1.43. The lowest BCUT2D eigenvalue weighted by Gasteiger charge is -2.14. The van der Waals surface area contributed by atoms with Gasteiger partial charge in [0.05, 0.1) is 12.6 Å². The molecule has 1 atom stereocenters. The Morgan fingerprint density at radius 3 is 3.24 bits per heavy atom. The van der Waals surface area contributed by atoms with Gasteiger partial charge in [-0.1, -0.05) is 12.8 Å². The third-order valence-electron chi connectivity index (χ3n) is 2.94. The van der Waals surface area contributed by atoms with Crippen molar-refractivity contribution in [1.82, 2.24) is 25.4 Å². The van der Waals surface area contributed by atoms with E-state index in [1.165, 1.54) is 6.42 Å². The summed E-state index contributed by atoms with van der Waals surface area (Å²) in [5.74, 6) is 0.703. The zero-order valence-corrected chi connectivity index (χ0v) is 10.1. The van der Waals surface area contributed by atoms with E-state index in [0.29, 0.717) is 12.4 Å². The van der Waals surface area contributed by atoms with E-state index in [0.717, 1.165) is 25.8 Å². The molecule has 17 heavy (non-hydrogen) atoms. The van der Waals surface area contributed by atoms with Crippen LogP contribution in [0.15, 0.2) is 6.33 Å². The van der Waals surface area contributed by atoms with Crippen molar-refractivity contribution in [3.8, 4) is 0 Å². The van der Waals surface area contributed by atoms with Crippen LogP contribution in [0.3, 0.4) is 0 Å². The Bertz CT molecular complexity index is 368. The molecule has 6 heteroatoms. The Balaban J connectivity index is 1.79. The highest BCUT2D eigenvalue weighted by atomic mass is 16.2. The van der Waals surface area contributed by atoms with Crippen LogP contribution >= 0.6 is 0 Å². The summed E-state index contributed by atoms with van der Waals surface area (Å²) >= 11 is 0. The lowest BCUT2D eigenvalue weighted by molar-refractivity contribution is -0.123. The number of rotatable bonds is 3. The van der Waals surface area contributed by atoms with Gasteiger partial charge in [-0.3, -0.25) is 9.48 Å². The number of nitrogens with one attached hydrogen (secondary N) is 2. The number of aryl methyl sites for hydroxylation is 1. The molecule has 2 rings (SSSR count). The van der Waals surface area contributed by atoms with Gasteiger partial charge in [0.2, 0.25) is 5.91 Å². The molecule has 0 bridgehead atoms. The molecule has 0 radical (unpaired) electrons. The minimum absolute atomic E-state index is 0.0544. The number of hydrogen-bond donors (Lipinski definition) is 2. The second kappa shape index (κ2) is 5.77. The Morgan fingerprint density at radius 1 is 1.59 bits per heavy atom. The predicted molar refractivity (Wildman–Crippen MR) is 63.1 cm³/mol. The Kier molecular flexibility index (Phi) is 4.08. The first-order valence-electron chi connectivity index (χ1n) is 6.11. The van der Waals surface area contributed by atoms with Crippen LogP contribution in [-0.2, 0) is 18.4 Å². The zero-order valence-electron chi connectivity index (χ0n) is 10.1. The molecular formula is C11H19N5O. The summed E-state index contributed by atoms with van der Waals surface area (Å²) in [4.78, 5) is 16.0. The van der Waals surface area contributed by atoms with E-state index in [1.54, 1.807) is 11.0 Å². The Labute approximate surface area is 101 Å². The highest BCUT2D eigenvalue weighted by Crippen LogP contribution is 2.08. The predicted octanol–water partition coefficient (Wildman–Crippen LogP) is -0.0365. The molecule has 1 saturated heterocycles. The average molecular weight is 237 g/mol. The van der Waals surface area contributed by atoms with E-state index in [2.05, 4.69) is 20.7 Å². The van der Waals surface area contributed by atoms with Crippen molar-refractivity contribution in [3.63, 3.8) is 0 Å². The van der Waals surface area contributed by atoms with E-state index in [1.807, 2.05) is 7.05 Å². The highest BCUT2D eigenvalue weighted by Gasteiger charge is 2.19. The van der Waals surface area contributed by atoms with E-state index in [9.17, 15) is 4.79 Å². The molecule has 1 aromatic rings. The fourth-order valence-electron chi connectivity index (χ4n) is 2.01. The van der Waals surface area contributed by atoms with Crippen LogP contribution in [0.25, 0.3) is 0 Å². The Morgan fingerprint density at radius 2 is 2.47 bits per heavy atom. The van der Waals surface area contributed by atoms with Gasteiger partial charge in [0.1, 0.15) is 6.33 Å². The van der Waals surface area contributed by atoms with Crippen molar-refractivity contribution < 1.29 is 4.79 Å². The van der Waals surface area contributed by atoms with Gasteiger partial charge in [-0.15, -0.1) is 0 Å². The van der Waals surface area contributed by atoms with E-state index < -0.39 is 0 Å². The highest BCUT2D eigenvalue weighted by molar-refractivity contribution is 5.81. The second-order valence-electron chi connectivity index (χ2n) is 4.41. The molecule has 0 aromatic carbocycles. The molecule has 1 aliphatic rings. The van der Waals surface area contributed by atoms with Gasteiger partial charge < -0.3 is 10.6 Å². The third-order valence-corrected chi connectivity index (χ3v) is 2.94. The lowest BCUT2D eigenvalue weighted by atomic mass is 10.1. The average Bonchev–Trinajstić information content (AvgIpc) is 2.58. The van der Waals surface area contributed by atoms with E-state index in [-0.39, 0.29) is 11.9 Å². The topological polar surface area (TPSA) is 71.8 Å². The maximum Gasteiger partial charge on any atom is 0.237 e. The molecule has 0 spiro atoms. The quantitative estimate of drug-likeness (QED) is 0.774. The molecule has 2 heterocycles. The number of nitrogens with zero attached hydrogens (tertiary/aromatic N) is 3. The molecule has 6 nitrogen and oxygen atoms in total. The van der Waals surface area contributed by atoms with Crippen LogP contribution in [0, 0.1) is 0 Å². The number of aromatic nitrogens is 3. The van der Waals surface area contributed by atoms with Gasteiger partial charge in [-0.25, -0.2) is 4.98 Å². The van der Waals surface area contributed by atoms with E-state index >= 15 is 0 Å². The standard InChI is InChI=1S/C11H19N5O/c1-16-8-14-10(15-16)7-13-11(17)9-5-3-2-4-6-12-9/h8-9,12H,2-7H2,1H3,(H,13,17). The number of carbonyl (C=O) groups excluding carboxylic acids is 1. The molecule has 0 aliphatic carbocycles. The monoisotopic (exact) mass is 237 g/mol. The van der Waals surface area contributed by atoms with Crippen molar-refractivity contribution in [3.05, 3.63) is 12.2 Å². The first kappa shape index (κ1) is 12.0. The number of carbonyl (C=O) groups is 1. The van der Waals surface area contributed by atoms with Gasteiger partial charge in [-0.2, -0.15) is 5.10 Å². The smallest absolute Gasteiger partial charge is 0.237 e. The third kappa shape index (κ3) is 3.52. The molecule has 1 amide bonds. The maximum atomic E-state index is 11.9. The summed E-state index contributed by atoms with van der Waals surface area (Å²) in [7, 11) is 1.81.